The second-order valence-electron chi connectivity index (χ2n) is 7.17. The third-order valence-electron chi connectivity index (χ3n) is 5.22. The molecule has 3 aromatic rings. The molecule has 1 aromatic carbocycles. The van der Waals surface area contributed by atoms with Gasteiger partial charge in [0.25, 0.3) is 5.91 Å². The summed E-state index contributed by atoms with van der Waals surface area (Å²) < 4.78 is 3.58. The summed E-state index contributed by atoms with van der Waals surface area (Å²) in [5.74, 6) is 0.619. The van der Waals surface area contributed by atoms with Gasteiger partial charge >= 0.3 is 0 Å². The van der Waals surface area contributed by atoms with Gasteiger partial charge in [-0.05, 0) is 18.9 Å². The first-order valence-electron chi connectivity index (χ1n) is 8.99. The van der Waals surface area contributed by atoms with Gasteiger partial charge in [0.05, 0.1) is 17.4 Å². The predicted molar refractivity (Wildman–Crippen MR) is 95.6 cm³/mol. The zero-order valence-electron chi connectivity index (χ0n) is 14.6. The van der Waals surface area contributed by atoms with Crippen molar-refractivity contribution in [3.05, 3.63) is 54.0 Å². The van der Waals surface area contributed by atoms with Crippen LogP contribution in [0.25, 0.3) is 11.3 Å². The lowest BCUT2D eigenvalue weighted by Gasteiger charge is -2.38. The van der Waals surface area contributed by atoms with Gasteiger partial charge in [-0.25, -0.2) is 4.68 Å². The molecule has 3 heterocycles. The molecule has 7 nitrogen and oxygen atoms in total. The van der Waals surface area contributed by atoms with Crippen molar-refractivity contribution in [2.45, 2.75) is 24.8 Å². The number of benzene rings is 1. The van der Waals surface area contributed by atoms with Gasteiger partial charge in [-0.2, -0.15) is 5.10 Å². The fourth-order valence-electron chi connectivity index (χ4n) is 3.40. The van der Waals surface area contributed by atoms with E-state index in [0.29, 0.717) is 24.7 Å². The van der Waals surface area contributed by atoms with E-state index in [9.17, 15) is 4.79 Å². The topological polar surface area (TPSA) is 68.8 Å². The van der Waals surface area contributed by atoms with Gasteiger partial charge in [0, 0.05) is 37.8 Å². The number of aryl methyl sites for hydroxylation is 1. The normalized spacial score (nSPS) is 17.3. The van der Waals surface area contributed by atoms with Crippen molar-refractivity contribution in [3.63, 3.8) is 0 Å². The zero-order valence-corrected chi connectivity index (χ0v) is 14.6. The Kier molecular flexibility index (Phi) is 3.41. The number of hydrogen-bond donors (Lipinski definition) is 0. The number of rotatable bonds is 4. The van der Waals surface area contributed by atoms with Crippen molar-refractivity contribution in [2.75, 3.05) is 13.1 Å². The van der Waals surface area contributed by atoms with Crippen molar-refractivity contribution < 1.29 is 4.79 Å². The highest BCUT2D eigenvalue weighted by Crippen LogP contribution is 2.39. The Hall–Kier alpha value is -2.96. The minimum atomic E-state index is 0.0148. The van der Waals surface area contributed by atoms with Crippen LogP contribution in [-0.4, -0.2) is 48.7 Å². The molecule has 1 saturated heterocycles. The zero-order chi connectivity index (χ0) is 17.7. The SMILES string of the molecule is Cn1nc(-c2ccccc2)cc1C(=O)N1CC(n2cc(C3CC3)nn2)C1. The molecule has 2 aromatic heterocycles. The molecular formula is C19H20N6O. The van der Waals surface area contributed by atoms with E-state index in [4.69, 9.17) is 0 Å². The van der Waals surface area contributed by atoms with Crippen molar-refractivity contribution in [2.24, 2.45) is 7.05 Å². The van der Waals surface area contributed by atoms with E-state index in [1.807, 2.05) is 59.2 Å². The van der Waals surface area contributed by atoms with E-state index >= 15 is 0 Å². The molecule has 1 aliphatic heterocycles. The predicted octanol–water partition coefficient (Wildman–Crippen LogP) is 2.25. The third kappa shape index (κ3) is 2.60. The molecule has 0 bridgehead atoms. The van der Waals surface area contributed by atoms with Crippen molar-refractivity contribution in [3.8, 4) is 11.3 Å². The van der Waals surface area contributed by atoms with Gasteiger partial charge < -0.3 is 4.90 Å². The molecule has 1 amide bonds. The maximum atomic E-state index is 12.8. The van der Waals surface area contributed by atoms with Gasteiger partial charge in [0.1, 0.15) is 5.69 Å². The number of carbonyl (C=O) groups excluding carboxylic acids is 1. The first-order chi connectivity index (χ1) is 12.7. The Balaban J connectivity index is 1.28. The highest BCUT2D eigenvalue weighted by atomic mass is 16.2. The van der Waals surface area contributed by atoms with Crippen molar-refractivity contribution >= 4 is 5.91 Å². The Labute approximate surface area is 151 Å². The summed E-state index contributed by atoms with van der Waals surface area (Å²) in [5, 5.41) is 13.0. The van der Waals surface area contributed by atoms with E-state index in [1.165, 1.54) is 12.8 Å². The number of likely N-dealkylation sites (tertiary alicyclic amines) is 1. The van der Waals surface area contributed by atoms with Crippen LogP contribution in [-0.2, 0) is 7.05 Å². The summed E-state index contributed by atoms with van der Waals surface area (Å²) >= 11 is 0. The molecule has 0 unspecified atom stereocenters. The smallest absolute Gasteiger partial charge is 0.272 e. The molecule has 5 rings (SSSR count). The number of aromatic nitrogens is 5. The fraction of sp³-hybridized carbons (Fsp3) is 0.368. The lowest BCUT2D eigenvalue weighted by molar-refractivity contribution is 0.0487. The van der Waals surface area contributed by atoms with Crippen LogP contribution in [0.3, 0.4) is 0 Å². The van der Waals surface area contributed by atoms with Crippen LogP contribution in [0.4, 0.5) is 0 Å². The molecule has 26 heavy (non-hydrogen) atoms. The van der Waals surface area contributed by atoms with Crippen LogP contribution in [0, 0.1) is 0 Å². The Bertz CT molecular complexity index is 950. The minimum absolute atomic E-state index is 0.0148. The molecule has 0 spiro atoms. The van der Waals surface area contributed by atoms with E-state index in [1.54, 1.807) is 4.68 Å². The van der Waals surface area contributed by atoms with Crippen LogP contribution in [0.15, 0.2) is 42.6 Å². The average Bonchev–Trinajstić information content (AvgIpc) is 3.23. The molecule has 0 radical (unpaired) electrons. The summed E-state index contributed by atoms with van der Waals surface area (Å²) in [6, 6.07) is 12.0. The van der Waals surface area contributed by atoms with Gasteiger partial charge in [0.15, 0.2) is 0 Å². The number of hydrogen-bond acceptors (Lipinski definition) is 4. The van der Waals surface area contributed by atoms with Crippen LogP contribution < -0.4 is 0 Å². The van der Waals surface area contributed by atoms with E-state index in [-0.39, 0.29) is 11.9 Å². The van der Waals surface area contributed by atoms with Crippen molar-refractivity contribution in [1.82, 2.24) is 29.7 Å². The first kappa shape index (κ1) is 15.3. The van der Waals surface area contributed by atoms with E-state index in [0.717, 1.165) is 17.0 Å². The lowest BCUT2D eigenvalue weighted by Crippen LogP contribution is -2.51. The minimum Gasteiger partial charge on any atom is -0.333 e. The molecule has 1 saturated carbocycles. The highest BCUT2D eigenvalue weighted by Gasteiger charge is 2.35. The second-order valence-corrected chi connectivity index (χ2v) is 7.17. The third-order valence-corrected chi connectivity index (χ3v) is 5.22. The van der Waals surface area contributed by atoms with Crippen LogP contribution in [0.2, 0.25) is 0 Å². The monoisotopic (exact) mass is 348 g/mol. The average molecular weight is 348 g/mol. The summed E-state index contributed by atoms with van der Waals surface area (Å²) in [7, 11) is 1.82. The summed E-state index contributed by atoms with van der Waals surface area (Å²) in [5.41, 5.74) is 3.53. The van der Waals surface area contributed by atoms with Crippen LogP contribution in [0.1, 0.15) is 41.0 Å². The number of amides is 1. The summed E-state index contributed by atoms with van der Waals surface area (Å²) in [6.07, 6.45) is 4.48. The molecule has 2 aliphatic rings. The van der Waals surface area contributed by atoms with Gasteiger partial charge in [-0.1, -0.05) is 35.5 Å². The Morgan fingerprint density at radius 3 is 2.65 bits per heavy atom. The molecule has 132 valence electrons. The van der Waals surface area contributed by atoms with Gasteiger partial charge in [0.2, 0.25) is 0 Å². The molecule has 0 atom stereocenters. The van der Waals surface area contributed by atoms with Crippen LogP contribution >= 0.6 is 0 Å². The first-order valence-corrected chi connectivity index (χ1v) is 8.99. The second kappa shape index (κ2) is 5.79. The van der Waals surface area contributed by atoms with E-state index < -0.39 is 0 Å². The maximum Gasteiger partial charge on any atom is 0.272 e. The van der Waals surface area contributed by atoms with Crippen LogP contribution in [0.5, 0.6) is 0 Å². The quantitative estimate of drug-likeness (QED) is 0.725. The summed E-state index contributed by atoms with van der Waals surface area (Å²) in [4.78, 5) is 14.7. The molecule has 2 fully saturated rings. The molecular weight excluding hydrogens is 328 g/mol. The Morgan fingerprint density at radius 2 is 1.92 bits per heavy atom. The molecule has 0 N–H and O–H groups in total. The van der Waals surface area contributed by atoms with Gasteiger partial charge in [-0.3, -0.25) is 9.48 Å². The Morgan fingerprint density at radius 1 is 1.15 bits per heavy atom. The van der Waals surface area contributed by atoms with E-state index in [2.05, 4.69) is 15.4 Å². The lowest BCUT2D eigenvalue weighted by atomic mass is 10.1. The number of carbonyl (C=O) groups is 1. The number of nitrogens with zero attached hydrogens (tertiary/aromatic N) is 6. The standard InChI is InChI=1S/C19H20N6O/c1-23-18(9-16(21-23)13-5-3-2-4-6-13)19(26)24-10-15(11-24)25-12-17(20-22-25)14-7-8-14/h2-6,9,12,14-15H,7-8,10-11H2,1H3. The summed E-state index contributed by atoms with van der Waals surface area (Å²) in [6.45, 7) is 1.33. The van der Waals surface area contributed by atoms with Gasteiger partial charge in [-0.15, -0.1) is 5.10 Å². The van der Waals surface area contributed by atoms with Crippen molar-refractivity contribution in [1.29, 1.82) is 0 Å². The fourth-order valence-corrected chi connectivity index (χ4v) is 3.40. The molecule has 7 heteroatoms. The largest absolute Gasteiger partial charge is 0.333 e. The maximum absolute atomic E-state index is 12.8. The highest BCUT2D eigenvalue weighted by molar-refractivity contribution is 5.94. The molecule has 1 aliphatic carbocycles.